The fourth-order valence-electron chi connectivity index (χ4n) is 2.47. The van der Waals surface area contributed by atoms with Crippen LogP contribution in [0, 0.1) is 12.1 Å². The number of imidazole rings is 1. The van der Waals surface area contributed by atoms with Crippen molar-refractivity contribution >= 4 is 55.7 Å². The molecule has 0 spiro atoms. The smallest absolute Gasteiger partial charge is 0.226 e. The molecule has 0 bridgehead atoms. The zero-order chi connectivity index (χ0) is 19.8. The van der Waals surface area contributed by atoms with E-state index in [1.807, 2.05) is 0 Å². The Morgan fingerprint density at radius 1 is 1.26 bits per heavy atom. The van der Waals surface area contributed by atoms with Gasteiger partial charge in [0.1, 0.15) is 18.1 Å². The van der Waals surface area contributed by atoms with E-state index in [0.29, 0.717) is 21.3 Å². The van der Waals surface area contributed by atoms with Crippen molar-refractivity contribution in [2.24, 2.45) is 0 Å². The number of alkyl halides is 3. The lowest BCUT2D eigenvalue weighted by atomic mass is 10.2. The molecule has 0 fully saturated rings. The molecule has 0 radical (unpaired) electrons. The number of hydrogen-bond donors (Lipinski definition) is 1. The van der Waals surface area contributed by atoms with Crippen LogP contribution in [0.2, 0.25) is 0 Å². The largest absolute Gasteiger partial charge is 0.618 e. The van der Waals surface area contributed by atoms with Gasteiger partial charge < -0.3 is 14.9 Å². The van der Waals surface area contributed by atoms with Gasteiger partial charge in [-0.3, -0.25) is 0 Å². The fraction of sp³-hybridized carbons (Fsp3) is 0.250. The lowest BCUT2D eigenvalue weighted by molar-refractivity contribution is -0.613. The number of rotatable bonds is 5. The average molecular weight is 451 g/mol. The highest BCUT2D eigenvalue weighted by Gasteiger charge is 2.28. The molecular weight excluding hydrogens is 437 g/mol. The monoisotopic (exact) mass is 449 g/mol. The molecule has 1 aromatic carbocycles. The molecular formula is C16H14Cl3N3O4S. The highest BCUT2D eigenvalue weighted by Crippen LogP contribution is 2.29. The van der Waals surface area contributed by atoms with Gasteiger partial charge in [-0.15, -0.1) is 0 Å². The maximum absolute atomic E-state index is 12.8. The van der Waals surface area contributed by atoms with Gasteiger partial charge in [-0.1, -0.05) is 46.9 Å². The minimum Gasteiger partial charge on any atom is -0.618 e. The molecule has 144 valence electrons. The number of benzene rings is 1. The maximum Gasteiger partial charge on any atom is 0.226 e. The van der Waals surface area contributed by atoms with Gasteiger partial charge in [0.05, 0.1) is 16.6 Å². The van der Waals surface area contributed by atoms with E-state index < -0.39 is 19.4 Å². The number of nitrogens with zero attached hydrogens (tertiary/aromatic N) is 2. The first-order valence-electron chi connectivity index (χ1n) is 7.65. The Morgan fingerprint density at radius 2 is 1.96 bits per heavy atom. The number of fused-ring (bicyclic) bond motifs is 1. The van der Waals surface area contributed by atoms with E-state index in [2.05, 4.69) is 9.97 Å². The molecule has 1 N–H and O–H groups in total. The van der Waals surface area contributed by atoms with Gasteiger partial charge in [-0.25, -0.2) is 13.4 Å². The lowest BCUT2D eigenvalue weighted by Gasteiger charge is -2.15. The molecule has 0 amide bonds. The SMILES string of the molecule is Cc1c(OCC(Cl)(Cl)Cl)cc[n+]([O-])c1CS(=O)(=O)c1nc2ccccc2[nH]1. The first-order chi connectivity index (χ1) is 12.6. The summed E-state index contributed by atoms with van der Waals surface area (Å²) in [5.41, 5.74) is 1.43. The fourth-order valence-corrected chi connectivity index (χ4v) is 3.98. The zero-order valence-corrected chi connectivity index (χ0v) is 17.0. The van der Waals surface area contributed by atoms with Crippen LogP contribution < -0.4 is 9.47 Å². The molecule has 3 aromatic rings. The number of H-pyrrole nitrogens is 1. The molecule has 0 atom stereocenters. The highest BCUT2D eigenvalue weighted by atomic mass is 35.6. The minimum atomic E-state index is -3.90. The van der Waals surface area contributed by atoms with Gasteiger partial charge in [-0.2, -0.15) is 4.73 Å². The molecule has 11 heteroatoms. The zero-order valence-electron chi connectivity index (χ0n) is 13.9. The second kappa shape index (κ2) is 7.35. The molecule has 3 rings (SSSR count). The lowest BCUT2D eigenvalue weighted by Crippen LogP contribution is -2.34. The first kappa shape index (κ1) is 20.0. The number of para-hydroxylation sites is 2. The van der Waals surface area contributed by atoms with Crippen molar-refractivity contribution in [3.63, 3.8) is 0 Å². The third-order valence-electron chi connectivity index (χ3n) is 3.81. The summed E-state index contributed by atoms with van der Waals surface area (Å²) in [4.78, 5) is 6.85. The topological polar surface area (TPSA) is 99.0 Å². The van der Waals surface area contributed by atoms with Gasteiger partial charge >= 0.3 is 0 Å². The number of ether oxygens (including phenoxy) is 1. The Balaban J connectivity index is 1.93. The minimum absolute atomic E-state index is 0.00252. The molecule has 0 aliphatic carbocycles. The number of aromatic nitrogens is 3. The van der Waals surface area contributed by atoms with Crippen LogP contribution in [0.3, 0.4) is 0 Å². The van der Waals surface area contributed by atoms with E-state index in [-0.39, 0.29) is 23.2 Å². The van der Waals surface area contributed by atoms with Gasteiger partial charge in [0, 0.05) is 6.07 Å². The van der Waals surface area contributed by atoms with Crippen molar-refractivity contribution in [3.05, 3.63) is 53.0 Å². The first-order valence-corrected chi connectivity index (χ1v) is 10.4. The molecule has 0 saturated carbocycles. The molecule has 2 heterocycles. The Kier molecular flexibility index (Phi) is 5.45. The predicted octanol–water partition coefficient (Wildman–Crippen LogP) is 3.23. The van der Waals surface area contributed by atoms with Crippen LogP contribution >= 0.6 is 34.8 Å². The normalized spacial score (nSPS) is 12.4. The number of aromatic amines is 1. The molecule has 0 aliphatic heterocycles. The van der Waals surface area contributed by atoms with Crippen molar-refractivity contribution < 1.29 is 17.9 Å². The number of sulfone groups is 1. The number of halogens is 3. The van der Waals surface area contributed by atoms with Gasteiger partial charge in [0.2, 0.25) is 24.5 Å². The average Bonchev–Trinajstić information content (AvgIpc) is 3.02. The third kappa shape index (κ3) is 4.57. The van der Waals surface area contributed by atoms with Crippen LogP contribution in [-0.4, -0.2) is 28.8 Å². The van der Waals surface area contributed by atoms with Crippen LogP contribution in [0.1, 0.15) is 11.3 Å². The molecule has 0 aliphatic rings. The van der Waals surface area contributed by atoms with Gasteiger partial charge in [0.25, 0.3) is 0 Å². The van der Waals surface area contributed by atoms with Crippen molar-refractivity contribution in [1.29, 1.82) is 0 Å². The molecule has 0 unspecified atom stereocenters. The highest BCUT2D eigenvalue weighted by molar-refractivity contribution is 7.90. The summed E-state index contributed by atoms with van der Waals surface area (Å²) in [6.07, 6.45) is 1.14. The van der Waals surface area contributed by atoms with Crippen LogP contribution in [0.15, 0.2) is 41.7 Å². The summed E-state index contributed by atoms with van der Waals surface area (Å²) in [6, 6.07) is 8.30. The van der Waals surface area contributed by atoms with E-state index in [9.17, 15) is 13.6 Å². The summed E-state index contributed by atoms with van der Waals surface area (Å²) < 4.78 is 29.7. The summed E-state index contributed by atoms with van der Waals surface area (Å²) in [7, 11) is -3.90. The number of hydrogen-bond acceptors (Lipinski definition) is 5. The summed E-state index contributed by atoms with van der Waals surface area (Å²) in [5, 5.41) is 12.0. The van der Waals surface area contributed by atoms with Crippen LogP contribution in [0.5, 0.6) is 5.75 Å². The Bertz CT molecular complexity index is 1060. The van der Waals surface area contributed by atoms with Crippen LogP contribution in [-0.2, 0) is 15.6 Å². The molecule has 2 aromatic heterocycles. The summed E-state index contributed by atoms with van der Waals surface area (Å²) in [6.45, 7) is 1.31. The van der Waals surface area contributed by atoms with Crippen LogP contribution in [0.4, 0.5) is 0 Å². The third-order valence-corrected chi connectivity index (χ3v) is 5.57. The second-order valence-electron chi connectivity index (χ2n) is 5.80. The summed E-state index contributed by atoms with van der Waals surface area (Å²) >= 11 is 17.0. The maximum atomic E-state index is 12.8. The van der Waals surface area contributed by atoms with Gasteiger partial charge in [0.15, 0.2) is 6.20 Å². The van der Waals surface area contributed by atoms with Crippen molar-refractivity contribution in [2.75, 3.05) is 6.61 Å². The van der Waals surface area contributed by atoms with E-state index in [1.165, 1.54) is 6.07 Å². The Morgan fingerprint density at radius 3 is 2.63 bits per heavy atom. The van der Waals surface area contributed by atoms with E-state index in [0.717, 1.165) is 6.20 Å². The van der Waals surface area contributed by atoms with E-state index >= 15 is 0 Å². The Labute approximate surface area is 170 Å². The molecule has 0 saturated heterocycles. The standard InChI is InChI=1S/C16H14Cl3N3O4S/c1-10-13(22(23)7-6-14(10)26-9-16(17,18)19)8-27(24,25)15-20-11-4-2-3-5-12(11)21-15/h2-7H,8-9H2,1H3,(H,20,21). The summed E-state index contributed by atoms with van der Waals surface area (Å²) in [5.74, 6) is -0.309. The van der Waals surface area contributed by atoms with Crippen molar-refractivity contribution in [1.82, 2.24) is 9.97 Å². The second-order valence-corrected chi connectivity index (χ2v) is 10.2. The Hall–Kier alpha value is -1.74. The quantitative estimate of drug-likeness (QED) is 0.365. The van der Waals surface area contributed by atoms with Crippen molar-refractivity contribution in [3.8, 4) is 5.75 Å². The number of nitrogens with one attached hydrogen (secondary N) is 1. The molecule has 27 heavy (non-hydrogen) atoms. The predicted molar refractivity (Wildman–Crippen MR) is 103 cm³/mol. The van der Waals surface area contributed by atoms with E-state index in [1.54, 1.807) is 31.2 Å². The molecule has 7 nitrogen and oxygen atoms in total. The van der Waals surface area contributed by atoms with Gasteiger partial charge in [-0.05, 0) is 19.1 Å². The van der Waals surface area contributed by atoms with E-state index in [4.69, 9.17) is 39.5 Å². The number of pyridine rings is 1. The van der Waals surface area contributed by atoms with Crippen molar-refractivity contribution in [2.45, 2.75) is 21.6 Å². The van der Waals surface area contributed by atoms with Crippen LogP contribution in [0.25, 0.3) is 11.0 Å².